The lowest BCUT2D eigenvalue weighted by molar-refractivity contribution is 0.307. The maximum Gasteiger partial charge on any atom is 0.0292 e. The van der Waals surface area contributed by atoms with Crippen LogP contribution in [0.2, 0.25) is 0 Å². The second-order valence-electron chi connectivity index (χ2n) is 3.11. The number of nitrogens with zero attached hydrogens (tertiary/aromatic N) is 1. The molecule has 0 fully saturated rings. The Balaban J connectivity index is 3.27. The van der Waals surface area contributed by atoms with Gasteiger partial charge in [0.15, 0.2) is 0 Å². The maximum absolute atomic E-state index is 5.68. The zero-order valence-electron chi connectivity index (χ0n) is 7.71. The van der Waals surface area contributed by atoms with Crippen molar-refractivity contribution in [3.05, 3.63) is 0 Å². The average molecular weight is 159 g/mol. The van der Waals surface area contributed by atoms with Crippen LogP contribution in [-0.2, 0) is 0 Å². The molecular formula is C8H21N3. The summed E-state index contributed by atoms with van der Waals surface area (Å²) < 4.78 is 0. The molecule has 0 spiro atoms. The number of hydrogen-bond donors (Lipinski definition) is 2. The summed E-state index contributed by atoms with van der Waals surface area (Å²) in [7, 11) is 2.09. The van der Waals surface area contributed by atoms with Crippen molar-refractivity contribution in [3.63, 3.8) is 0 Å². The van der Waals surface area contributed by atoms with Crippen molar-refractivity contribution in [1.82, 2.24) is 4.90 Å². The van der Waals surface area contributed by atoms with Crippen LogP contribution in [0.3, 0.4) is 0 Å². The number of hydrogen-bond acceptors (Lipinski definition) is 3. The van der Waals surface area contributed by atoms with Gasteiger partial charge in [0.1, 0.15) is 0 Å². The summed E-state index contributed by atoms with van der Waals surface area (Å²) in [5.41, 5.74) is 11.1. The molecule has 0 saturated carbocycles. The van der Waals surface area contributed by atoms with Gasteiger partial charge in [-0.15, -0.1) is 0 Å². The van der Waals surface area contributed by atoms with E-state index in [0.29, 0.717) is 6.54 Å². The zero-order valence-corrected chi connectivity index (χ0v) is 7.71. The molecule has 0 aromatic rings. The number of nitrogens with two attached hydrogens (primary N) is 2. The van der Waals surface area contributed by atoms with Crippen molar-refractivity contribution < 1.29 is 0 Å². The largest absolute Gasteiger partial charge is 0.329 e. The highest BCUT2D eigenvalue weighted by Crippen LogP contribution is 1.91. The molecule has 0 radical (unpaired) electrons. The molecule has 11 heavy (non-hydrogen) atoms. The lowest BCUT2D eigenvalue weighted by Crippen LogP contribution is -2.40. The third-order valence-corrected chi connectivity index (χ3v) is 1.74. The number of rotatable bonds is 6. The first kappa shape index (κ1) is 10.9. The van der Waals surface area contributed by atoms with Crippen molar-refractivity contribution in [1.29, 1.82) is 0 Å². The summed E-state index contributed by atoms with van der Waals surface area (Å²) in [6.45, 7) is 4.81. The SMILES string of the molecule is CCCCN(C)CC(N)CN. The van der Waals surface area contributed by atoms with Crippen molar-refractivity contribution in [2.45, 2.75) is 25.8 Å². The summed E-state index contributed by atoms with van der Waals surface area (Å²) >= 11 is 0. The Bertz CT molecular complexity index is 85.4. The standard InChI is InChI=1S/C8H21N3/c1-3-4-5-11(2)7-8(10)6-9/h8H,3-7,9-10H2,1-2H3. The van der Waals surface area contributed by atoms with Gasteiger partial charge in [-0.3, -0.25) is 0 Å². The molecule has 68 valence electrons. The van der Waals surface area contributed by atoms with Gasteiger partial charge in [-0.05, 0) is 20.0 Å². The van der Waals surface area contributed by atoms with Crippen LogP contribution < -0.4 is 11.5 Å². The average Bonchev–Trinajstić information content (AvgIpc) is 2.00. The Morgan fingerprint density at radius 2 is 2.09 bits per heavy atom. The smallest absolute Gasteiger partial charge is 0.0292 e. The first-order valence-electron chi connectivity index (χ1n) is 4.34. The van der Waals surface area contributed by atoms with E-state index in [-0.39, 0.29) is 6.04 Å². The first-order chi connectivity index (χ1) is 5.20. The monoisotopic (exact) mass is 159 g/mol. The number of unbranched alkanes of at least 4 members (excludes halogenated alkanes) is 1. The lowest BCUT2D eigenvalue weighted by Gasteiger charge is -2.19. The molecule has 3 heteroatoms. The Hall–Kier alpha value is -0.120. The van der Waals surface area contributed by atoms with Gasteiger partial charge in [0.2, 0.25) is 0 Å². The minimum Gasteiger partial charge on any atom is -0.329 e. The molecule has 0 aliphatic rings. The topological polar surface area (TPSA) is 55.3 Å². The van der Waals surface area contributed by atoms with E-state index in [1.54, 1.807) is 0 Å². The molecule has 3 nitrogen and oxygen atoms in total. The number of likely N-dealkylation sites (N-methyl/N-ethyl adjacent to an activating group) is 1. The molecule has 0 amide bonds. The minimum atomic E-state index is 0.136. The second-order valence-corrected chi connectivity index (χ2v) is 3.11. The van der Waals surface area contributed by atoms with Gasteiger partial charge < -0.3 is 16.4 Å². The summed E-state index contributed by atoms with van der Waals surface area (Å²) in [6.07, 6.45) is 2.48. The highest BCUT2D eigenvalue weighted by Gasteiger charge is 2.02. The fraction of sp³-hybridized carbons (Fsp3) is 1.00. The van der Waals surface area contributed by atoms with Gasteiger partial charge in [0, 0.05) is 19.1 Å². The van der Waals surface area contributed by atoms with Crippen molar-refractivity contribution in [3.8, 4) is 0 Å². The summed E-state index contributed by atoms with van der Waals surface area (Å²) in [5.74, 6) is 0. The Kier molecular flexibility index (Phi) is 6.51. The van der Waals surface area contributed by atoms with E-state index in [4.69, 9.17) is 11.5 Å². The van der Waals surface area contributed by atoms with Gasteiger partial charge in [0.05, 0.1) is 0 Å². The van der Waals surface area contributed by atoms with E-state index in [9.17, 15) is 0 Å². The van der Waals surface area contributed by atoms with E-state index >= 15 is 0 Å². The van der Waals surface area contributed by atoms with E-state index in [2.05, 4.69) is 18.9 Å². The van der Waals surface area contributed by atoms with Gasteiger partial charge in [-0.1, -0.05) is 13.3 Å². The van der Waals surface area contributed by atoms with Crippen LogP contribution in [0.25, 0.3) is 0 Å². The molecule has 0 bridgehead atoms. The van der Waals surface area contributed by atoms with Crippen molar-refractivity contribution in [2.24, 2.45) is 11.5 Å². The molecule has 0 aliphatic heterocycles. The van der Waals surface area contributed by atoms with Crippen LogP contribution in [-0.4, -0.2) is 37.6 Å². The van der Waals surface area contributed by atoms with Gasteiger partial charge in [0.25, 0.3) is 0 Å². The predicted octanol–water partition coefficient (Wildman–Crippen LogP) is 0.00430. The Morgan fingerprint density at radius 3 is 2.55 bits per heavy atom. The molecule has 1 atom stereocenters. The Labute approximate surface area is 69.7 Å². The van der Waals surface area contributed by atoms with Crippen LogP contribution in [0.5, 0.6) is 0 Å². The van der Waals surface area contributed by atoms with Gasteiger partial charge >= 0.3 is 0 Å². The molecule has 0 heterocycles. The fourth-order valence-electron chi connectivity index (χ4n) is 0.994. The minimum absolute atomic E-state index is 0.136. The third kappa shape index (κ3) is 6.28. The highest BCUT2D eigenvalue weighted by molar-refractivity contribution is 4.65. The first-order valence-corrected chi connectivity index (χ1v) is 4.34. The molecule has 1 unspecified atom stereocenters. The highest BCUT2D eigenvalue weighted by atomic mass is 15.1. The van der Waals surface area contributed by atoms with Crippen molar-refractivity contribution in [2.75, 3.05) is 26.7 Å². The van der Waals surface area contributed by atoms with Crippen LogP contribution in [0.4, 0.5) is 0 Å². The quantitative estimate of drug-likeness (QED) is 0.574. The summed E-state index contributed by atoms with van der Waals surface area (Å²) in [4.78, 5) is 2.24. The fourth-order valence-corrected chi connectivity index (χ4v) is 0.994. The van der Waals surface area contributed by atoms with Crippen LogP contribution in [0, 0.1) is 0 Å². The molecule has 0 aromatic heterocycles. The lowest BCUT2D eigenvalue weighted by atomic mass is 10.2. The molecule has 0 aliphatic carbocycles. The molecule has 4 N–H and O–H groups in total. The normalized spacial score (nSPS) is 13.9. The molecule has 0 saturated heterocycles. The van der Waals surface area contributed by atoms with Crippen LogP contribution >= 0.6 is 0 Å². The summed E-state index contributed by atoms with van der Waals surface area (Å²) in [6, 6.07) is 0.136. The van der Waals surface area contributed by atoms with Crippen molar-refractivity contribution >= 4 is 0 Å². The van der Waals surface area contributed by atoms with Crippen LogP contribution in [0.15, 0.2) is 0 Å². The van der Waals surface area contributed by atoms with E-state index in [1.807, 2.05) is 0 Å². The van der Waals surface area contributed by atoms with Gasteiger partial charge in [-0.25, -0.2) is 0 Å². The molecular weight excluding hydrogens is 138 g/mol. The zero-order chi connectivity index (χ0) is 8.69. The molecule has 0 aromatic carbocycles. The molecule has 0 rings (SSSR count). The second kappa shape index (κ2) is 6.58. The van der Waals surface area contributed by atoms with E-state index < -0.39 is 0 Å². The van der Waals surface area contributed by atoms with Crippen LogP contribution in [0.1, 0.15) is 19.8 Å². The Morgan fingerprint density at radius 1 is 1.45 bits per heavy atom. The third-order valence-electron chi connectivity index (χ3n) is 1.74. The maximum atomic E-state index is 5.68. The van der Waals surface area contributed by atoms with Gasteiger partial charge in [-0.2, -0.15) is 0 Å². The predicted molar refractivity (Wildman–Crippen MR) is 49.4 cm³/mol. The summed E-state index contributed by atoms with van der Waals surface area (Å²) in [5, 5.41) is 0. The van der Waals surface area contributed by atoms with E-state index in [1.165, 1.54) is 12.8 Å². The van der Waals surface area contributed by atoms with E-state index in [0.717, 1.165) is 13.1 Å².